The Morgan fingerprint density at radius 3 is 1.00 bits per heavy atom. The lowest BCUT2D eigenvalue weighted by atomic mass is 10.0. The standard InChI is InChI=1S/C67H112NO8P/c1-3-5-7-9-11-13-15-17-19-21-23-25-27-28-29-30-31-32-33-34-35-36-38-40-42-44-46-48-50-52-54-56-58-60-67(70)76-65(64-75-77(71,72)74-62-61-68)63-73-66(69)59-57-55-53-51-49-47-45-43-41-39-37-26-24-22-20-18-16-14-12-10-8-6-4-2/h5-8,11-14,17-20,23-26,28-29,31-32,34-35,65H,3-4,9-10,15-16,21-22,27,30,33,36-64,68H2,1-2H3,(H,71,72)/b7-5-,8-6-,13-11-,14-12-,19-17-,20-18-,25-23-,26-24-,29-28-,32-31-,35-34-. The Morgan fingerprint density at radius 1 is 0.390 bits per heavy atom. The number of phosphoric ester groups is 1. The highest BCUT2D eigenvalue weighted by Crippen LogP contribution is 2.43. The van der Waals surface area contributed by atoms with Crippen molar-refractivity contribution in [3.8, 4) is 0 Å². The van der Waals surface area contributed by atoms with Crippen LogP contribution in [0.3, 0.4) is 0 Å². The lowest BCUT2D eigenvalue weighted by Gasteiger charge is -2.19. The normalized spacial score (nSPS) is 14.0. The van der Waals surface area contributed by atoms with E-state index >= 15 is 0 Å². The highest BCUT2D eigenvalue weighted by Gasteiger charge is 2.26. The first-order chi connectivity index (χ1) is 37.8. The summed E-state index contributed by atoms with van der Waals surface area (Å²) in [5.41, 5.74) is 5.39. The van der Waals surface area contributed by atoms with Crippen LogP contribution in [0, 0.1) is 0 Å². The number of rotatable bonds is 56. The quantitative estimate of drug-likeness (QED) is 0.0264. The lowest BCUT2D eigenvalue weighted by molar-refractivity contribution is -0.161. The topological polar surface area (TPSA) is 134 Å². The molecule has 0 saturated heterocycles. The maximum absolute atomic E-state index is 12.7. The highest BCUT2D eigenvalue weighted by atomic mass is 31.2. The number of hydrogen-bond acceptors (Lipinski definition) is 8. The second-order valence-corrected chi connectivity index (χ2v) is 21.3. The summed E-state index contributed by atoms with van der Waals surface area (Å²) in [4.78, 5) is 35.3. The Kier molecular flexibility index (Phi) is 58.3. The van der Waals surface area contributed by atoms with Crippen molar-refractivity contribution in [1.29, 1.82) is 0 Å². The summed E-state index contributed by atoms with van der Waals surface area (Å²) in [6.45, 7) is 3.51. The van der Waals surface area contributed by atoms with E-state index in [1.807, 2.05) is 0 Å². The molecular formula is C67H112NO8P. The third-order valence-electron chi connectivity index (χ3n) is 12.5. The molecule has 438 valence electrons. The van der Waals surface area contributed by atoms with E-state index in [0.717, 1.165) is 128 Å². The lowest BCUT2D eigenvalue weighted by Crippen LogP contribution is -2.29. The Bertz CT molecular complexity index is 1720. The van der Waals surface area contributed by atoms with E-state index in [2.05, 4.69) is 148 Å². The Balaban J connectivity index is 3.99. The van der Waals surface area contributed by atoms with Crippen LogP contribution in [0.25, 0.3) is 0 Å². The largest absolute Gasteiger partial charge is 0.472 e. The summed E-state index contributed by atoms with van der Waals surface area (Å²) in [6.07, 6.45) is 86.5. The zero-order chi connectivity index (χ0) is 55.9. The van der Waals surface area contributed by atoms with Gasteiger partial charge in [0.1, 0.15) is 6.61 Å². The first-order valence-electron chi connectivity index (χ1n) is 30.7. The fraction of sp³-hybridized carbons (Fsp3) is 0.642. The van der Waals surface area contributed by atoms with Gasteiger partial charge < -0.3 is 20.1 Å². The molecule has 0 saturated carbocycles. The summed E-state index contributed by atoms with van der Waals surface area (Å²) < 4.78 is 33.1. The number of ether oxygens (including phenoxy) is 2. The van der Waals surface area contributed by atoms with Crippen molar-refractivity contribution in [1.82, 2.24) is 0 Å². The average Bonchev–Trinajstić information content (AvgIpc) is 3.42. The maximum Gasteiger partial charge on any atom is 0.472 e. The summed E-state index contributed by atoms with van der Waals surface area (Å²) in [6, 6.07) is 0. The van der Waals surface area contributed by atoms with Crippen LogP contribution >= 0.6 is 7.82 Å². The van der Waals surface area contributed by atoms with Gasteiger partial charge in [0.15, 0.2) is 6.10 Å². The van der Waals surface area contributed by atoms with E-state index in [-0.39, 0.29) is 38.6 Å². The van der Waals surface area contributed by atoms with E-state index in [9.17, 15) is 19.0 Å². The number of unbranched alkanes of at least 4 members (excludes halogenated alkanes) is 21. The highest BCUT2D eigenvalue weighted by molar-refractivity contribution is 7.47. The van der Waals surface area contributed by atoms with E-state index in [4.69, 9.17) is 24.3 Å². The van der Waals surface area contributed by atoms with Gasteiger partial charge in [0.25, 0.3) is 0 Å². The van der Waals surface area contributed by atoms with Crippen molar-refractivity contribution in [2.75, 3.05) is 26.4 Å². The van der Waals surface area contributed by atoms with Gasteiger partial charge in [-0.25, -0.2) is 4.57 Å². The second-order valence-electron chi connectivity index (χ2n) is 19.8. The van der Waals surface area contributed by atoms with Gasteiger partial charge >= 0.3 is 19.8 Å². The Hall–Kier alpha value is -3.85. The molecular weight excluding hydrogens is 978 g/mol. The monoisotopic (exact) mass is 1090 g/mol. The van der Waals surface area contributed by atoms with E-state index in [1.54, 1.807) is 0 Å². The van der Waals surface area contributed by atoms with Gasteiger partial charge in [0.05, 0.1) is 13.2 Å². The minimum atomic E-state index is -4.40. The van der Waals surface area contributed by atoms with Crippen LogP contribution in [0.5, 0.6) is 0 Å². The summed E-state index contributed by atoms with van der Waals surface area (Å²) >= 11 is 0. The van der Waals surface area contributed by atoms with Crippen LogP contribution in [-0.4, -0.2) is 49.3 Å². The molecule has 2 atom stereocenters. The first kappa shape index (κ1) is 73.2. The molecule has 0 bridgehead atoms. The SMILES string of the molecule is CC/C=C\C/C=C\C/C=C\C/C=C\C/C=C\C/C=C\C/C=C\CCCCCCCCCCCCCC(=O)OC(COC(=O)CCCCCCCCCCCC/C=C\C/C=C\C/C=C\C/C=C\CC)COP(=O)(O)OCCN. The van der Waals surface area contributed by atoms with Gasteiger partial charge in [-0.15, -0.1) is 0 Å². The summed E-state index contributed by atoms with van der Waals surface area (Å²) in [7, 11) is -4.40. The van der Waals surface area contributed by atoms with Crippen LogP contribution in [0.2, 0.25) is 0 Å². The van der Waals surface area contributed by atoms with E-state index in [1.165, 1.54) is 83.5 Å². The Labute approximate surface area is 472 Å². The number of hydrogen-bond donors (Lipinski definition) is 2. The molecule has 9 nitrogen and oxygen atoms in total. The van der Waals surface area contributed by atoms with Gasteiger partial charge in [-0.2, -0.15) is 0 Å². The summed E-state index contributed by atoms with van der Waals surface area (Å²) in [5.74, 6) is -0.841. The third kappa shape index (κ3) is 61.2. The van der Waals surface area contributed by atoms with Gasteiger partial charge in [-0.1, -0.05) is 257 Å². The van der Waals surface area contributed by atoms with Gasteiger partial charge in [0.2, 0.25) is 0 Å². The molecule has 77 heavy (non-hydrogen) atoms. The van der Waals surface area contributed by atoms with Crippen LogP contribution in [0.4, 0.5) is 0 Å². The molecule has 0 aliphatic rings. The fourth-order valence-corrected chi connectivity index (χ4v) is 8.84. The van der Waals surface area contributed by atoms with Crippen molar-refractivity contribution in [3.05, 3.63) is 134 Å². The van der Waals surface area contributed by atoms with Crippen molar-refractivity contribution < 1.29 is 37.6 Å². The molecule has 0 aromatic heterocycles. The maximum atomic E-state index is 12.7. The van der Waals surface area contributed by atoms with Crippen LogP contribution in [-0.2, 0) is 32.7 Å². The van der Waals surface area contributed by atoms with Crippen LogP contribution < -0.4 is 5.73 Å². The molecule has 2 unspecified atom stereocenters. The fourth-order valence-electron chi connectivity index (χ4n) is 8.08. The molecule has 0 amide bonds. The Morgan fingerprint density at radius 2 is 0.675 bits per heavy atom. The molecule has 0 heterocycles. The predicted molar refractivity (Wildman–Crippen MR) is 330 cm³/mol. The molecule has 0 aliphatic heterocycles. The van der Waals surface area contributed by atoms with Crippen molar-refractivity contribution >= 4 is 19.8 Å². The predicted octanol–water partition coefficient (Wildman–Crippen LogP) is 19.7. The molecule has 10 heteroatoms. The minimum Gasteiger partial charge on any atom is -0.462 e. The molecule has 0 fully saturated rings. The van der Waals surface area contributed by atoms with Crippen LogP contribution in [0.15, 0.2) is 134 Å². The third-order valence-corrected chi connectivity index (χ3v) is 13.5. The van der Waals surface area contributed by atoms with E-state index in [0.29, 0.717) is 6.42 Å². The second kappa shape index (κ2) is 61.4. The molecule has 0 aromatic carbocycles. The molecule has 0 aliphatic carbocycles. The molecule has 0 radical (unpaired) electrons. The van der Waals surface area contributed by atoms with Crippen molar-refractivity contribution in [2.45, 2.75) is 251 Å². The molecule has 0 aromatic rings. The number of phosphoric acid groups is 1. The zero-order valence-corrected chi connectivity index (χ0v) is 49.8. The van der Waals surface area contributed by atoms with Crippen molar-refractivity contribution in [3.63, 3.8) is 0 Å². The average molecular weight is 1090 g/mol. The number of allylic oxidation sites excluding steroid dienone is 22. The van der Waals surface area contributed by atoms with E-state index < -0.39 is 26.5 Å². The van der Waals surface area contributed by atoms with Crippen LogP contribution in [0.1, 0.15) is 245 Å². The number of carbonyl (C=O) groups is 2. The first-order valence-corrected chi connectivity index (χ1v) is 32.2. The molecule has 3 N–H and O–H groups in total. The van der Waals surface area contributed by atoms with Crippen molar-refractivity contribution in [2.24, 2.45) is 5.73 Å². The van der Waals surface area contributed by atoms with Gasteiger partial charge in [-0.05, 0) is 109 Å². The minimum absolute atomic E-state index is 0.0461. The van der Waals surface area contributed by atoms with Gasteiger partial charge in [0, 0.05) is 19.4 Å². The molecule has 0 rings (SSSR count). The van der Waals surface area contributed by atoms with Gasteiger partial charge in [-0.3, -0.25) is 18.6 Å². The molecule has 0 spiro atoms. The number of esters is 2. The zero-order valence-electron chi connectivity index (χ0n) is 48.9. The number of nitrogens with two attached hydrogens (primary N) is 1. The summed E-state index contributed by atoms with van der Waals surface area (Å²) in [5, 5.41) is 0. The smallest absolute Gasteiger partial charge is 0.462 e. The number of carbonyl (C=O) groups excluding carboxylic acids is 2.